The van der Waals surface area contributed by atoms with Gasteiger partial charge in [0, 0.05) is 11.3 Å². The minimum absolute atomic E-state index is 0.230. The van der Waals surface area contributed by atoms with Crippen LogP contribution in [0.2, 0.25) is 0 Å². The standard InChI is InChI=1S/C10H13N5OS/c1-4-5(2)14-15-8(4)13-9(16)7-6(3)12-10(11)17-7/h1-3H3,(H2,11,12)(H2,13,14,15,16). The van der Waals surface area contributed by atoms with Crippen molar-refractivity contribution >= 4 is 28.2 Å². The molecular weight excluding hydrogens is 238 g/mol. The van der Waals surface area contributed by atoms with Crippen molar-refractivity contribution in [3.05, 3.63) is 21.8 Å². The van der Waals surface area contributed by atoms with Crippen molar-refractivity contribution in [2.45, 2.75) is 20.8 Å². The molecule has 0 radical (unpaired) electrons. The highest BCUT2D eigenvalue weighted by atomic mass is 32.1. The second kappa shape index (κ2) is 4.17. The molecule has 6 nitrogen and oxygen atoms in total. The Labute approximate surface area is 102 Å². The molecule has 1 amide bonds. The minimum Gasteiger partial charge on any atom is -0.375 e. The lowest BCUT2D eigenvalue weighted by atomic mass is 10.3. The number of anilines is 2. The summed E-state index contributed by atoms with van der Waals surface area (Å²) in [5.41, 5.74) is 8.04. The maximum Gasteiger partial charge on any atom is 0.268 e. The van der Waals surface area contributed by atoms with Gasteiger partial charge in [0.2, 0.25) is 0 Å². The fraction of sp³-hybridized carbons (Fsp3) is 0.300. The zero-order chi connectivity index (χ0) is 12.6. The Kier molecular flexibility index (Phi) is 2.84. The van der Waals surface area contributed by atoms with Gasteiger partial charge < -0.3 is 11.1 Å². The predicted octanol–water partition coefficient (Wildman–Crippen LogP) is 1.63. The molecule has 0 aliphatic carbocycles. The Hall–Kier alpha value is -1.89. The number of nitrogens with two attached hydrogens (primary N) is 1. The first kappa shape index (κ1) is 11.6. The van der Waals surface area contributed by atoms with E-state index >= 15 is 0 Å². The number of nitrogens with zero attached hydrogens (tertiary/aromatic N) is 2. The molecule has 17 heavy (non-hydrogen) atoms. The first-order chi connectivity index (χ1) is 7.99. The third-order valence-electron chi connectivity index (χ3n) is 2.50. The van der Waals surface area contributed by atoms with Crippen LogP contribution >= 0.6 is 11.3 Å². The second-order valence-electron chi connectivity index (χ2n) is 3.74. The molecule has 0 spiro atoms. The zero-order valence-corrected chi connectivity index (χ0v) is 10.6. The molecular formula is C10H13N5OS. The molecule has 0 unspecified atom stereocenters. The van der Waals surface area contributed by atoms with Gasteiger partial charge in [0.1, 0.15) is 4.88 Å². The number of aromatic amines is 1. The number of rotatable bonds is 2. The molecule has 7 heteroatoms. The summed E-state index contributed by atoms with van der Waals surface area (Å²) in [6, 6.07) is 0. The molecule has 2 rings (SSSR count). The highest BCUT2D eigenvalue weighted by molar-refractivity contribution is 7.17. The SMILES string of the molecule is Cc1nc(N)sc1C(=O)Nc1n[nH]c(C)c1C. The van der Waals surface area contributed by atoms with Crippen LogP contribution in [0.15, 0.2) is 0 Å². The third kappa shape index (κ3) is 2.14. The van der Waals surface area contributed by atoms with Crippen molar-refractivity contribution in [2.24, 2.45) is 0 Å². The van der Waals surface area contributed by atoms with Gasteiger partial charge in [0.15, 0.2) is 10.9 Å². The highest BCUT2D eigenvalue weighted by Gasteiger charge is 2.16. The van der Waals surface area contributed by atoms with Crippen LogP contribution in [0.1, 0.15) is 26.6 Å². The lowest BCUT2D eigenvalue weighted by Gasteiger charge is -2.01. The molecule has 0 saturated carbocycles. The second-order valence-corrected chi connectivity index (χ2v) is 4.77. The number of nitrogens with one attached hydrogen (secondary N) is 2. The van der Waals surface area contributed by atoms with Crippen molar-refractivity contribution in [3.63, 3.8) is 0 Å². The van der Waals surface area contributed by atoms with E-state index < -0.39 is 0 Å². The summed E-state index contributed by atoms with van der Waals surface area (Å²) in [7, 11) is 0. The van der Waals surface area contributed by atoms with Crippen molar-refractivity contribution < 1.29 is 4.79 Å². The molecule has 0 aliphatic rings. The van der Waals surface area contributed by atoms with Gasteiger partial charge >= 0.3 is 0 Å². The van der Waals surface area contributed by atoms with E-state index in [1.165, 1.54) is 11.3 Å². The summed E-state index contributed by atoms with van der Waals surface area (Å²) < 4.78 is 0. The van der Waals surface area contributed by atoms with Crippen LogP contribution in [0.5, 0.6) is 0 Å². The number of aromatic nitrogens is 3. The first-order valence-corrected chi connectivity index (χ1v) is 5.86. The van der Waals surface area contributed by atoms with Crippen molar-refractivity contribution in [2.75, 3.05) is 11.1 Å². The number of H-pyrrole nitrogens is 1. The van der Waals surface area contributed by atoms with E-state index in [1.54, 1.807) is 6.92 Å². The van der Waals surface area contributed by atoms with Crippen molar-refractivity contribution in [1.82, 2.24) is 15.2 Å². The van der Waals surface area contributed by atoms with E-state index in [0.29, 0.717) is 21.5 Å². The van der Waals surface area contributed by atoms with Crippen molar-refractivity contribution in [1.29, 1.82) is 0 Å². The molecule has 4 N–H and O–H groups in total. The molecule has 90 valence electrons. The monoisotopic (exact) mass is 251 g/mol. The van der Waals surface area contributed by atoms with Gasteiger partial charge in [-0.1, -0.05) is 11.3 Å². The van der Waals surface area contributed by atoms with Crippen LogP contribution in [0.3, 0.4) is 0 Å². The topological polar surface area (TPSA) is 96.7 Å². The first-order valence-electron chi connectivity index (χ1n) is 5.05. The molecule has 2 aromatic heterocycles. The smallest absolute Gasteiger partial charge is 0.268 e. The normalized spacial score (nSPS) is 10.5. The molecule has 2 aromatic rings. The number of nitrogen functional groups attached to an aromatic ring is 1. The Balaban J connectivity index is 2.23. The largest absolute Gasteiger partial charge is 0.375 e. The Morgan fingerprint density at radius 3 is 2.59 bits per heavy atom. The maximum atomic E-state index is 12.0. The quantitative estimate of drug-likeness (QED) is 0.755. The number of hydrogen-bond donors (Lipinski definition) is 3. The average molecular weight is 251 g/mol. The van der Waals surface area contributed by atoms with Gasteiger partial charge in [-0.3, -0.25) is 9.89 Å². The average Bonchev–Trinajstić information content (AvgIpc) is 2.75. The summed E-state index contributed by atoms with van der Waals surface area (Å²) in [6.45, 7) is 5.54. The Morgan fingerprint density at radius 2 is 2.12 bits per heavy atom. The van der Waals surface area contributed by atoms with Gasteiger partial charge in [0.25, 0.3) is 5.91 Å². The fourth-order valence-corrected chi connectivity index (χ4v) is 2.13. The van der Waals surface area contributed by atoms with Crippen LogP contribution in [0.4, 0.5) is 10.9 Å². The Bertz CT molecular complexity index is 571. The van der Waals surface area contributed by atoms with Gasteiger partial charge in [-0.15, -0.1) is 0 Å². The zero-order valence-electron chi connectivity index (χ0n) is 9.79. The van der Waals surface area contributed by atoms with E-state index in [9.17, 15) is 4.79 Å². The van der Waals surface area contributed by atoms with Crippen LogP contribution < -0.4 is 11.1 Å². The summed E-state index contributed by atoms with van der Waals surface area (Å²) >= 11 is 1.17. The van der Waals surface area contributed by atoms with Gasteiger partial charge in [-0.05, 0) is 20.8 Å². The molecule has 0 saturated heterocycles. The maximum absolute atomic E-state index is 12.0. The lowest BCUT2D eigenvalue weighted by Crippen LogP contribution is -2.12. The summed E-state index contributed by atoms with van der Waals surface area (Å²) in [5.74, 6) is 0.310. The van der Waals surface area contributed by atoms with Gasteiger partial charge in [-0.25, -0.2) is 4.98 Å². The van der Waals surface area contributed by atoms with Gasteiger partial charge in [0.05, 0.1) is 5.69 Å². The molecule has 0 atom stereocenters. The van der Waals surface area contributed by atoms with Crippen LogP contribution in [0, 0.1) is 20.8 Å². The van der Waals surface area contributed by atoms with Crippen LogP contribution in [-0.2, 0) is 0 Å². The van der Waals surface area contributed by atoms with E-state index in [4.69, 9.17) is 5.73 Å². The minimum atomic E-state index is -0.230. The number of aryl methyl sites for hydroxylation is 2. The van der Waals surface area contributed by atoms with E-state index in [0.717, 1.165) is 11.3 Å². The molecule has 0 aromatic carbocycles. The third-order valence-corrected chi connectivity index (χ3v) is 3.49. The summed E-state index contributed by atoms with van der Waals surface area (Å²) in [6.07, 6.45) is 0. The molecule has 0 fully saturated rings. The number of hydrogen-bond acceptors (Lipinski definition) is 5. The number of amides is 1. The predicted molar refractivity (Wildman–Crippen MR) is 67.3 cm³/mol. The fourth-order valence-electron chi connectivity index (χ4n) is 1.40. The number of carbonyl (C=O) groups is 1. The van der Waals surface area contributed by atoms with Crippen LogP contribution in [-0.4, -0.2) is 21.1 Å². The van der Waals surface area contributed by atoms with Gasteiger partial charge in [-0.2, -0.15) is 5.10 Å². The number of carbonyl (C=O) groups excluding carboxylic acids is 1. The Morgan fingerprint density at radius 1 is 1.41 bits per heavy atom. The summed E-state index contributed by atoms with van der Waals surface area (Å²) in [5, 5.41) is 9.95. The molecule has 0 aliphatic heterocycles. The van der Waals surface area contributed by atoms with Crippen molar-refractivity contribution in [3.8, 4) is 0 Å². The summed E-state index contributed by atoms with van der Waals surface area (Å²) in [4.78, 5) is 16.5. The van der Waals surface area contributed by atoms with E-state index in [2.05, 4.69) is 20.5 Å². The number of thiazole rings is 1. The molecule has 2 heterocycles. The van der Waals surface area contributed by atoms with Crippen LogP contribution in [0.25, 0.3) is 0 Å². The highest BCUT2D eigenvalue weighted by Crippen LogP contribution is 2.22. The van der Waals surface area contributed by atoms with E-state index in [-0.39, 0.29) is 5.91 Å². The van der Waals surface area contributed by atoms with E-state index in [1.807, 2.05) is 13.8 Å². The molecule has 0 bridgehead atoms. The lowest BCUT2D eigenvalue weighted by molar-refractivity contribution is 0.102.